The van der Waals surface area contributed by atoms with E-state index in [1.165, 1.54) is 0 Å². The van der Waals surface area contributed by atoms with Crippen molar-refractivity contribution in [2.24, 2.45) is 7.05 Å². The highest BCUT2D eigenvalue weighted by Gasteiger charge is 2.24. The molecular formula is C13H21N3O2. The molecule has 0 aromatic carbocycles. The molecule has 0 fully saturated rings. The van der Waals surface area contributed by atoms with E-state index in [-0.39, 0.29) is 18.5 Å². The molecule has 1 heterocycles. The molecule has 1 aromatic heterocycles. The van der Waals surface area contributed by atoms with E-state index in [4.69, 9.17) is 4.74 Å². The van der Waals surface area contributed by atoms with Gasteiger partial charge in [0.25, 0.3) is 0 Å². The van der Waals surface area contributed by atoms with E-state index in [2.05, 4.69) is 10.3 Å². The van der Waals surface area contributed by atoms with Crippen LogP contribution >= 0.6 is 0 Å². The van der Waals surface area contributed by atoms with Gasteiger partial charge in [-0.05, 0) is 25.7 Å². The van der Waals surface area contributed by atoms with Crippen LogP contribution in [-0.4, -0.2) is 27.4 Å². The molecule has 1 aromatic rings. The minimum atomic E-state index is -0.0583. The van der Waals surface area contributed by atoms with E-state index < -0.39 is 0 Å². The summed E-state index contributed by atoms with van der Waals surface area (Å²) in [5.74, 6) is 0.173. The van der Waals surface area contributed by atoms with Crippen LogP contribution in [0, 0.1) is 0 Å². The third-order valence-electron chi connectivity index (χ3n) is 3.38. The van der Waals surface area contributed by atoms with Crippen LogP contribution < -0.4 is 0 Å². The Bertz CT molecular complexity index is 414. The van der Waals surface area contributed by atoms with E-state index in [1.807, 2.05) is 18.7 Å². The van der Waals surface area contributed by atoms with Crippen LogP contribution in [0.5, 0.6) is 0 Å². The fourth-order valence-electron chi connectivity index (χ4n) is 2.40. The lowest BCUT2D eigenvalue weighted by Crippen LogP contribution is -2.13. The zero-order valence-electron chi connectivity index (χ0n) is 11.2. The predicted octanol–water partition coefficient (Wildman–Crippen LogP) is 1.97. The van der Waals surface area contributed by atoms with Crippen molar-refractivity contribution in [2.45, 2.75) is 51.6 Å². The van der Waals surface area contributed by atoms with Crippen LogP contribution in [0.4, 0.5) is 0 Å². The van der Waals surface area contributed by atoms with Crippen LogP contribution in [0.15, 0.2) is 0 Å². The summed E-state index contributed by atoms with van der Waals surface area (Å²) in [7, 11) is 1.91. The Morgan fingerprint density at radius 2 is 2.33 bits per heavy atom. The molecule has 0 N–H and O–H groups in total. The molecule has 1 aliphatic rings. The number of ketones is 1. The molecule has 0 aliphatic heterocycles. The Morgan fingerprint density at radius 1 is 1.50 bits per heavy atom. The van der Waals surface area contributed by atoms with Gasteiger partial charge in [-0.15, -0.1) is 5.10 Å². The fourth-order valence-corrected chi connectivity index (χ4v) is 2.40. The highest BCUT2D eigenvalue weighted by atomic mass is 16.5. The maximum atomic E-state index is 11.5. The Balaban J connectivity index is 2.02. The molecule has 5 heteroatoms. The number of rotatable bonds is 5. The molecule has 18 heavy (non-hydrogen) atoms. The lowest BCUT2D eigenvalue weighted by atomic mass is 10.1. The van der Waals surface area contributed by atoms with Crippen molar-refractivity contribution in [3.63, 3.8) is 0 Å². The van der Waals surface area contributed by atoms with Crippen molar-refractivity contribution in [3.05, 3.63) is 11.4 Å². The average Bonchev–Trinajstić information content (AvgIpc) is 2.60. The molecule has 1 atom stereocenters. The number of hydrogen-bond donors (Lipinski definition) is 0. The van der Waals surface area contributed by atoms with Crippen LogP contribution in [0.25, 0.3) is 0 Å². The number of aromatic nitrogens is 3. The summed E-state index contributed by atoms with van der Waals surface area (Å²) >= 11 is 0. The number of ether oxygens (including phenoxy) is 1. The predicted molar refractivity (Wildman–Crippen MR) is 67.2 cm³/mol. The number of hydrogen-bond acceptors (Lipinski definition) is 4. The Morgan fingerprint density at radius 3 is 3.11 bits per heavy atom. The molecule has 5 nitrogen and oxygen atoms in total. The SMILES string of the molecule is CCCC(=O)COC1CCCCc2c1nnn2C. The van der Waals surface area contributed by atoms with Gasteiger partial charge in [-0.1, -0.05) is 18.6 Å². The van der Waals surface area contributed by atoms with E-state index in [1.54, 1.807) is 0 Å². The van der Waals surface area contributed by atoms with Gasteiger partial charge in [0.15, 0.2) is 5.78 Å². The molecule has 0 saturated heterocycles. The van der Waals surface area contributed by atoms with Gasteiger partial charge >= 0.3 is 0 Å². The van der Waals surface area contributed by atoms with Gasteiger partial charge in [0.2, 0.25) is 0 Å². The van der Waals surface area contributed by atoms with Gasteiger partial charge in [-0.3, -0.25) is 9.48 Å². The second kappa shape index (κ2) is 6.09. The van der Waals surface area contributed by atoms with Gasteiger partial charge in [-0.2, -0.15) is 0 Å². The van der Waals surface area contributed by atoms with E-state index in [9.17, 15) is 4.79 Å². The number of nitrogens with zero attached hydrogens (tertiary/aromatic N) is 3. The third kappa shape index (κ3) is 2.96. The Labute approximate surface area is 108 Å². The summed E-state index contributed by atoms with van der Waals surface area (Å²) in [4.78, 5) is 11.5. The number of carbonyl (C=O) groups excluding carboxylic acids is 1. The van der Waals surface area contributed by atoms with Crippen LogP contribution in [0.3, 0.4) is 0 Å². The van der Waals surface area contributed by atoms with Gasteiger partial charge in [0, 0.05) is 13.5 Å². The standard InChI is InChI=1S/C13H21N3O2/c1-3-6-10(17)9-18-12-8-5-4-7-11-13(12)14-15-16(11)2/h12H,3-9H2,1-2H3. The summed E-state index contributed by atoms with van der Waals surface area (Å²) in [5.41, 5.74) is 2.08. The molecule has 0 radical (unpaired) electrons. The lowest BCUT2D eigenvalue weighted by Gasteiger charge is -2.14. The highest BCUT2D eigenvalue weighted by Crippen LogP contribution is 2.29. The molecule has 1 unspecified atom stereocenters. The van der Waals surface area contributed by atoms with Gasteiger partial charge in [0.05, 0.1) is 5.69 Å². The topological polar surface area (TPSA) is 57.0 Å². The largest absolute Gasteiger partial charge is 0.364 e. The molecule has 0 spiro atoms. The van der Waals surface area contributed by atoms with E-state index in [0.29, 0.717) is 6.42 Å². The maximum absolute atomic E-state index is 11.5. The van der Waals surface area contributed by atoms with Crippen molar-refractivity contribution in [2.75, 3.05) is 6.61 Å². The average molecular weight is 251 g/mol. The van der Waals surface area contributed by atoms with Gasteiger partial charge < -0.3 is 4.74 Å². The fraction of sp³-hybridized carbons (Fsp3) is 0.769. The first kappa shape index (κ1) is 13.2. The summed E-state index contributed by atoms with van der Waals surface area (Å²) in [5, 5.41) is 8.25. The quantitative estimate of drug-likeness (QED) is 0.751. The molecule has 0 amide bonds. The second-order valence-corrected chi connectivity index (χ2v) is 4.88. The first-order chi connectivity index (χ1) is 8.72. The Kier molecular flexibility index (Phi) is 4.47. The summed E-state index contributed by atoms with van der Waals surface area (Å²) in [6, 6.07) is 0. The van der Waals surface area contributed by atoms with Crippen molar-refractivity contribution < 1.29 is 9.53 Å². The molecule has 100 valence electrons. The first-order valence-corrected chi connectivity index (χ1v) is 6.74. The number of fused-ring (bicyclic) bond motifs is 1. The van der Waals surface area contributed by atoms with Crippen LogP contribution in [0.2, 0.25) is 0 Å². The Hall–Kier alpha value is -1.23. The minimum Gasteiger partial charge on any atom is -0.364 e. The number of carbonyl (C=O) groups is 1. The van der Waals surface area contributed by atoms with Gasteiger partial charge in [-0.25, -0.2) is 0 Å². The second-order valence-electron chi connectivity index (χ2n) is 4.88. The molecular weight excluding hydrogens is 230 g/mol. The summed E-state index contributed by atoms with van der Waals surface area (Å²) < 4.78 is 7.58. The maximum Gasteiger partial charge on any atom is 0.158 e. The van der Waals surface area contributed by atoms with Crippen molar-refractivity contribution in [1.29, 1.82) is 0 Å². The number of Topliss-reactive ketones (excluding diaryl/α,β-unsaturated/α-hetero) is 1. The van der Waals surface area contributed by atoms with E-state index >= 15 is 0 Å². The third-order valence-corrected chi connectivity index (χ3v) is 3.38. The summed E-state index contributed by atoms with van der Waals surface area (Å²) in [6.45, 7) is 2.21. The first-order valence-electron chi connectivity index (χ1n) is 6.74. The molecule has 0 saturated carbocycles. The highest BCUT2D eigenvalue weighted by molar-refractivity contribution is 5.79. The van der Waals surface area contributed by atoms with E-state index in [0.717, 1.165) is 43.5 Å². The monoisotopic (exact) mass is 251 g/mol. The summed E-state index contributed by atoms with van der Waals surface area (Å²) in [6.07, 6.45) is 5.60. The van der Waals surface area contributed by atoms with Crippen molar-refractivity contribution in [1.82, 2.24) is 15.0 Å². The number of aryl methyl sites for hydroxylation is 1. The van der Waals surface area contributed by atoms with Gasteiger partial charge in [0.1, 0.15) is 18.4 Å². The molecule has 1 aliphatic carbocycles. The minimum absolute atomic E-state index is 0.0583. The lowest BCUT2D eigenvalue weighted by molar-refractivity contribution is -0.126. The zero-order valence-corrected chi connectivity index (χ0v) is 11.2. The zero-order chi connectivity index (χ0) is 13.0. The van der Waals surface area contributed by atoms with Crippen LogP contribution in [0.1, 0.15) is 56.5 Å². The van der Waals surface area contributed by atoms with Crippen molar-refractivity contribution in [3.8, 4) is 0 Å². The molecule has 0 bridgehead atoms. The van der Waals surface area contributed by atoms with Crippen molar-refractivity contribution >= 4 is 5.78 Å². The van der Waals surface area contributed by atoms with Crippen LogP contribution in [-0.2, 0) is 23.0 Å². The smallest absolute Gasteiger partial charge is 0.158 e. The normalized spacial score (nSPS) is 19.3. The molecule has 2 rings (SSSR count).